The molecule has 11 heteroatoms. The molecule has 0 bridgehead atoms. The topological polar surface area (TPSA) is 104 Å². The number of hydrogen-bond donors (Lipinski definition) is 1. The molecule has 10 nitrogen and oxygen atoms in total. The number of aromatic nitrogens is 1. The SMILES string of the molecule is CC(C)(C)OC(=O)N[C@H]1CCCN(c2cc(Cl)ncc2-c2ccc(C(=O)N3CCN(C(=O)OC(C)(C)C)CC3)cc2)C1. The van der Waals surface area contributed by atoms with Gasteiger partial charge in [0.25, 0.3) is 5.91 Å². The first-order chi connectivity index (χ1) is 19.7. The van der Waals surface area contributed by atoms with Gasteiger partial charge in [0.15, 0.2) is 0 Å². The van der Waals surface area contributed by atoms with Crippen LogP contribution in [0.3, 0.4) is 0 Å². The molecule has 3 amide bonds. The van der Waals surface area contributed by atoms with Gasteiger partial charge in [-0.1, -0.05) is 23.7 Å². The van der Waals surface area contributed by atoms with Crippen molar-refractivity contribution in [1.29, 1.82) is 0 Å². The summed E-state index contributed by atoms with van der Waals surface area (Å²) in [6.07, 6.45) is 2.72. The zero-order valence-electron chi connectivity index (χ0n) is 25.4. The summed E-state index contributed by atoms with van der Waals surface area (Å²) in [4.78, 5) is 47.9. The number of piperidine rings is 1. The molecule has 4 rings (SSSR count). The normalized spacial score (nSPS) is 18.0. The number of benzene rings is 1. The molecule has 2 saturated heterocycles. The van der Waals surface area contributed by atoms with Gasteiger partial charge < -0.3 is 29.5 Å². The van der Waals surface area contributed by atoms with E-state index in [2.05, 4.69) is 15.2 Å². The Kier molecular flexibility index (Phi) is 9.55. The highest BCUT2D eigenvalue weighted by atomic mass is 35.5. The number of anilines is 1. The number of alkyl carbamates (subject to hydrolysis) is 1. The summed E-state index contributed by atoms with van der Waals surface area (Å²) in [5.74, 6) is -0.0769. The van der Waals surface area contributed by atoms with Gasteiger partial charge in [-0.15, -0.1) is 0 Å². The minimum atomic E-state index is -0.563. The molecular formula is C31H42ClN5O5. The maximum absolute atomic E-state index is 13.2. The highest BCUT2D eigenvalue weighted by Gasteiger charge is 2.29. The molecule has 42 heavy (non-hydrogen) atoms. The van der Waals surface area contributed by atoms with Gasteiger partial charge in [0.05, 0.1) is 0 Å². The Bertz CT molecular complexity index is 1280. The Balaban J connectivity index is 1.42. The summed E-state index contributed by atoms with van der Waals surface area (Å²) >= 11 is 6.32. The van der Waals surface area contributed by atoms with Crippen LogP contribution in [0.15, 0.2) is 36.5 Å². The third kappa shape index (κ3) is 8.50. The predicted octanol–water partition coefficient (Wildman–Crippen LogP) is 5.59. The first-order valence-corrected chi connectivity index (χ1v) is 14.8. The molecule has 228 valence electrons. The van der Waals surface area contributed by atoms with E-state index in [1.165, 1.54) is 0 Å². The monoisotopic (exact) mass is 599 g/mol. The first-order valence-electron chi connectivity index (χ1n) is 14.5. The molecule has 0 spiro atoms. The molecule has 1 atom stereocenters. The number of nitrogens with one attached hydrogen (secondary N) is 1. The van der Waals surface area contributed by atoms with Crippen LogP contribution in [0.1, 0.15) is 64.7 Å². The number of ether oxygens (including phenoxy) is 2. The molecule has 1 aromatic heterocycles. The molecule has 0 unspecified atom stereocenters. The smallest absolute Gasteiger partial charge is 0.410 e. The third-order valence-corrected chi connectivity index (χ3v) is 7.20. The first kappa shape index (κ1) is 31.4. The number of amides is 3. The molecule has 2 aliphatic rings. The molecule has 0 radical (unpaired) electrons. The van der Waals surface area contributed by atoms with Gasteiger partial charge in [0, 0.05) is 68.3 Å². The van der Waals surface area contributed by atoms with E-state index in [1.807, 2.05) is 71.9 Å². The summed E-state index contributed by atoms with van der Waals surface area (Å²) in [6, 6.07) is 9.25. The Morgan fingerprint density at radius 2 is 1.52 bits per heavy atom. The van der Waals surface area contributed by atoms with Gasteiger partial charge in [0.2, 0.25) is 0 Å². The van der Waals surface area contributed by atoms with Gasteiger partial charge in [-0.2, -0.15) is 0 Å². The number of pyridine rings is 1. The molecule has 2 aromatic rings. The lowest BCUT2D eigenvalue weighted by atomic mass is 10.00. The Hall–Kier alpha value is -3.53. The number of nitrogens with zero attached hydrogens (tertiary/aromatic N) is 4. The van der Waals surface area contributed by atoms with Crippen molar-refractivity contribution in [1.82, 2.24) is 20.1 Å². The minimum absolute atomic E-state index is 0.0656. The second-order valence-electron chi connectivity index (χ2n) is 12.8. The van der Waals surface area contributed by atoms with Crippen molar-refractivity contribution in [3.8, 4) is 11.1 Å². The van der Waals surface area contributed by atoms with Crippen LogP contribution in [0.5, 0.6) is 0 Å². The zero-order chi connectivity index (χ0) is 30.7. The largest absolute Gasteiger partial charge is 0.444 e. The van der Waals surface area contributed by atoms with Crippen molar-refractivity contribution in [2.45, 2.75) is 71.6 Å². The standard InChI is InChI=1S/C31H42ClN5O5/c1-30(2,3)41-28(39)34-23-8-7-13-37(20-23)25-18-26(32)33-19-24(25)21-9-11-22(12-10-21)27(38)35-14-16-36(17-15-35)29(40)42-31(4,5)6/h9-12,18-19,23H,7-8,13-17,20H2,1-6H3,(H,34,39)/t23-/m0/s1. The Morgan fingerprint density at radius 1 is 0.905 bits per heavy atom. The fourth-order valence-electron chi connectivity index (χ4n) is 5.09. The summed E-state index contributed by atoms with van der Waals surface area (Å²) in [5, 5.41) is 3.38. The summed E-state index contributed by atoms with van der Waals surface area (Å²) in [5.41, 5.74) is 2.17. The average molecular weight is 600 g/mol. The maximum atomic E-state index is 13.2. The number of hydrogen-bond acceptors (Lipinski definition) is 7. The van der Waals surface area contributed by atoms with E-state index in [4.69, 9.17) is 21.1 Å². The lowest BCUT2D eigenvalue weighted by Gasteiger charge is -2.36. The second kappa shape index (κ2) is 12.8. The molecule has 0 aliphatic carbocycles. The molecule has 2 fully saturated rings. The van der Waals surface area contributed by atoms with Gasteiger partial charge in [0.1, 0.15) is 16.4 Å². The predicted molar refractivity (Wildman–Crippen MR) is 163 cm³/mol. The number of rotatable bonds is 4. The highest BCUT2D eigenvalue weighted by Crippen LogP contribution is 2.34. The molecule has 2 aliphatic heterocycles. The van der Waals surface area contributed by atoms with Crippen LogP contribution in [0, 0.1) is 0 Å². The van der Waals surface area contributed by atoms with Crippen LogP contribution in [0.4, 0.5) is 15.3 Å². The van der Waals surface area contributed by atoms with Crippen molar-refractivity contribution in [2.24, 2.45) is 0 Å². The number of carbonyl (C=O) groups is 3. The average Bonchev–Trinajstić information content (AvgIpc) is 2.91. The highest BCUT2D eigenvalue weighted by molar-refractivity contribution is 6.29. The number of carbonyl (C=O) groups excluding carboxylic acids is 3. The fourth-order valence-corrected chi connectivity index (χ4v) is 5.24. The van der Waals surface area contributed by atoms with Crippen LogP contribution in [0.25, 0.3) is 11.1 Å². The lowest BCUT2D eigenvalue weighted by molar-refractivity contribution is 0.0140. The van der Waals surface area contributed by atoms with E-state index < -0.39 is 17.3 Å². The maximum Gasteiger partial charge on any atom is 0.410 e. The summed E-state index contributed by atoms with van der Waals surface area (Å²) in [7, 11) is 0. The van der Waals surface area contributed by atoms with Gasteiger partial charge in [-0.05, 0) is 78.1 Å². The molecule has 1 N–H and O–H groups in total. The van der Waals surface area contributed by atoms with E-state index in [1.54, 1.807) is 16.0 Å². The van der Waals surface area contributed by atoms with Gasteiger partial charge >= 0.3 is 12.2 Å². The van der Waals surface area contributed by atoms with Crippen LogP contribution < -0.4 is 10.2 Å². The number of piperazine rings is 1. The van der Waals surface area contributed by atoms with Gasteiger partial charge in [-0.3, -0.25) is 4.79 Å². The van der Waals surface area contributed by atoms with Crippen LogP contribution in [-0.2, 0) is 9.47 Å². The van der Waals surface area contributed by atoms with E-state index in [0.717, 1.165) is 36.2 Å². The third-order valence-electron chi connectivity index (χ3n) is 6.99. The van der Waals surface area contributed by atoms with Crippen molar-refractivity contribution < 1.29 is 23.9 Å². The fraction of sp³-hybridized carbons (Fsp3) is 0.548. The van der Waals surface area contributed by atoms with E-state index in [9.17, 15) is 14.4 Å². The van der Waals surface area contributed by atoms with Crippen molar-refractivity contribution in [2.75, 3.05) is 44.2 Å². The van der Waals surface area contributed by atoms with Crippen LogP contribution in [-0.4, -0.2) is 89.4 Å². The minimum Gasteiger partial charge on any atom is -0.444 e. The van der Waals surface area contributed by atoms with Gasteiger partial charge in [-0.25, -0.2) is 14.6 Å². The summed E-state index contributed by atoms with van der Waals surface area (Å²) < 4.78 is 10.9. The Labute approximate surface area is 253 Å². The molecule has 3 heterocycles. The Morgan fingerprint density at radius 3 is 2.14 bits per heavy atom. The quantitative estimate of drug-likeness (QED) is 0.457. The molecule has 1 aromatic carbocycles. The number of halogens is 1. The van der Waals surface area contributed by atoms with Crippen molar-refractivity contribution in [3.05, 3.63) is 47.2 Å². The zero-order valence-corrected chi connectivity index (χ0v) is 26.2. The second-order valence-corrected chi connectivity index (χ2v) is 13.2. The van der Waals surface area contributed by atoms with Crippen molar-refractivity contribution in [3.63, 3.8) is 0 Å². The molecule has 0 saturated carbocycles. The molecular weight excluding hydrogens is 558 g/mol. The van der Waals surface area contributed by atoms with E-state index >= 15 is 0 Å². The van der Waals surface area contributed by atoms with E-state index in [0.29, 0.717) is 43.4 Å². The van der Waals surface area contributed by atoms with Crippen molar-refractivity contribution >= 4 is 35.4 Å². The van der Waals surface area contributed by atoms with E-state index in [-0.39, 0.29) is 18.0 Å². The van der Waals surface area contributed by atoms with Crippen LogP contribution >= 0.6 is 11.6 Å². The van der Waals surface area contributed by atoms with Crippen LogP contribution in [0.2, 0.25) is 5.15 Å². The summed E-state index contributed by atoms with van der Waals surface area (Å²) in [6.45, 7) is 14.2. The lowest BCUT2D eigenvalue weighted by Crippen LogP contribution is -2.51.